The van der Waals surface area contributed by atoms with Crippen molar-refractivity contribution in [2.75, 3.05) is 14.2 Å². The molecule has 0 radical (unpaired) electrons. The predicted octanol–water partition coefficient (Wildman–Crippen LogP) is 1.63. The quantitative estimate of drug-likeness (QED) is 0.733. The number of aryl methyl sites for hydroxylation is 1. The van der Waals surface area contributed by atoms with Gasteiger partial charge >= 0.3 is 0 Å². The molecule has 0 aliphatic rings. The zero-order valence-corrected chi connectivity index (χ0v) is 9.42. The van der Waals surface area contributed by atoms with Crippen LogP contribution >= 0.6 is 11.3 Å². The van der Waals surface area contributed by atoms with E-state index in [1.807, 2.05) is 0 Å². The van der Waals surface area contributed by atoms with Crippen LogP contribution in [0.25, 0.3) is 0 Å². The van der Waals surface area contributed by atoms with Gasteiger partial charge in [0.1, 0.15) is 0 Å². The van der Waals surface area contributed by atoms with Gasteiger partial charge in [0.15, 0.2) is 6.29 Å². The summed E-state index contributed by atoms with van der Waals surface area (Å²) in [4.78, 5) is 1.35. The van der Waals surface area contributed by atoms with Crippen LogP contribution in [0.2, 0.25) is 0 Å². The van der Waals surface area contributed by atoms with Gasteiger partial charge in [-0.15, -0.1) is 11.3 Å². The van der Waals surface area contributed by atoms with Crippen LogP contribution in [0.4, 0.5) is 0 Å². The molecule has 1 heterocycles. The fourth-order valence-corrected chi connectivity index (χ4v) is 2.07. The van der Waals surface area contributed by atoms with Crippen molar-refractivity contribution in [1.82, 2.24) is 0 Å². The van der Waals surface area contributed by atoms with Gasteiger partial charge < -0.3 is 15.2 Å². The first-order chi connectivity index (χ1) is 6.77. The van der Waals surface area contributed by atoms with Crippen LogP contribution in [0.15, 0.2) is 17.5 Å². The second-order valence-electron chi connectivity index (χ2n) is 3.12. The van der Waals surface area contributed by atoms with E-state index in [0.717, 1.165) is 12.8 Å². The van der Waals surface area contributed by atoms with Gasteiger partial charge in [-0.2, -0.15) is 0 Å². The van der Waals surface area contributed by atoms with Crippen LogP contribution in [0.5, 0.6) is 0 Å². The van der Waals surface area contributed by atoms with Crippen LogP contribution in [0.1, 0.15) is 11.3 Å². The Balaban J connectivity index is 2.30. The first-order valence-corrected chi connectivity index (χ1v) is 5.49. The average molecular weight is 215 g/mol. The van der Waals surface area contributed by atoms with Crippen LogP contribution < -0.4 is 5.73 Å². The fraction of sp³-hybridized carbons (Fsp3) is 0.600. The van der Waals surface area contributed by atoms with Crippen molar-refractivity contribution in [2.45, 2.75) is 25.2 Å². The molecule has 14 heavy (non-hydrogen) atoms. The van der Waals surface area contributed by atoms with Crippen molar-refractivity contribution in [2.24, 2.45) is 5.73 Å². The molecule has 1 unspecified atom stereocenters. The van der Waals surface area contributed by atoms with Crippen LogP contribution in [0, 0.1) is 0 Å². The van der Waals surface area contributed by atoms with Crippen molar-refractivity contribution in [3.63, 3.8) is 0 Å². The highest BCUT2D eigenvalue weighted by molar-refractivity contribution is 7.09. The first kappa shape index (κ1) is 11.7. The summed E-state index contributed by atoms with van der Waals surface area (Å²) in [6.45, 7) is 0. The summed E-state index contributed by atoms with van der Waals surface area (Å²) >= 11 is 1.75. The van der Waals surface area contributed by atoms with Gasteiger partial charge in [0.05, 0.1) is 6.04 Å². The minimum Gasteiger partial charge on any atom is -0.354 e. The van der Waals surface area contributed by atoms with Crippen LogP contribution in [0.3, 0.4) is 0 Å². The molecule has 4 heteroatoms. The monoisotopic (exact) mass is 215 g/mol. The number of hydrogen-bond acceptors (Lipinski definition) is 4. The zero-order valence-electron chi connectivity index (χ0n) is 8.60. The largest absolute Gasteiger partial charge is 0.354 e. The highest BCUT2D eigenvalue weighted by Gasteiger charge is 2.15. The van der Waals surface area contributed by atoms with E-state index in [9.17, 15) is 0 Å². The highest BCUT2D eigenvalue weighted by atomic mass is 32.1. The number of thiophene rings is 1. The average Bonchev–Trinajstić information content (AvgIpc) is 2.69. The van der Waals surface area contributed by atoms with Gasteiger partial charge in [0, 0.05) is 19.1 Å². The number of ether oxygens (including phenoxy) is 2. The Morgan fingerprint density at radius 2 is 2.14 bits per heavy atom. The Hall–Kier alpha value is -0.420. The topological polar surface area (TPSA) is 44.5 Å². The summed E-state index contributed by atoms with van der Waals surface area (Å²) in [5, 5.41) is 2.07. The van der Waals surface area contributed by atoms with E-state index in [4.69, 9.17) is 15.2 Å². The lowest BCUT2D eigenvalue weighted by Gasteiger charge is -2.20. The maximum Gasteiger partial charge on any atom is 0.171 e. The molecule has 2 N–H and O–H groups in total. The Morgan fingerprint density at radius 1 is 1.43 bits per heavy atom. The molecule has 80 valence electrons. The summed E-state index contributed by atoms with van der Waals surface area (Å²) < 4.78 is 10.2. The molecule has 1 aromatic heterocycles. The summed E-state index contributed by atoms with van der Waals surface area (Å²) in [5.41, 5.74) is 5.91. The van der Waals surface area contributed by atoms with Gasteiger partial charge in [-0.25, -0.2) is 0 Å². The third kappa shape index (κ3) is 3.38. The van der Waals surface area contributed by atoms with Crippen molar-refractivity contribution >= 4 is 11.3 Å². The maximum atomic E-state index is 5.91. The number of nitrogens with two attached hydrogens (primary N) is 1. The minimum absolute atomic E-state index is 0.0629. The first-order valence-electron chi connectivity index (χ1n) is 4.61. The second kappa shape index (κ2) is 6.14. The second-order valence-corrected chi connectivity index (χ2v) is 4.15. The molecule has 0 aromatic carbocycles. The molecule has 1 aromatic rings. The molecular weight excluding hydrogens is 198 g/mol. The molecule has 0 aliphatic carbocycles. The number of methoxy groups -OCH3 is 2. The Bertz CT molecular complexity index is 234. The van der Waals surface area contributed by atoms with Gasteiger partial charge in [0.25, 0.3) is 0 Å². The SMILES string of the molecule is COC(OC)C(N)CCc1cccs1. The van der Waals surface area contributed by atoms with Crippen LogP contribution in [-0.2, 0) is 15.9 Å². The Morgan fingerprint density at radius 3 is 2.64 bits per heavy atom. The predicted molar refractivity (Wildman–Crippen MR) is 58.4 cm³/mol. The summed E-state index contributed by atoms with van der Waals surface area (Å²) in [6, 6.07) is 4.11. The normalized spacial score (nSPS) is 13.4. The number of hydrogen-bond donors (Lipinski definition) is 1. The van der Waals surface area contributed by atoms with Crippen molar-refractivity contribution in [1.29, 1.82) is 0 Å². The van der Waals surface area contributed by atoms with E-state index in [0.29, 0.717) is 0 Å². The molecule has 0 saturated heterocycles. The van der Waals surface area contributed by atoms with Gasteiger partial charge in [-0.05, 0) is 24.3 Å². The zero-order chi connectivity index (χ0) is 10.4. The summed E-state index contributed by atoms with van der Waals surface area (Å²) in [7, 11) is 3.22. The standard InChI is InChI=1S/C10H17NO2S/c1-12-10(13-2)9(11)6-5-8-4-3-7-14-8/h3-4,7,9-10H,5-6,11H2,1-2H3. The summed E-state index contributed by atoms with van der Waals surface area (Å²) in [6.07, 6.45) is 1.57. The Kier molecular flexibility index (Phi) is 5.11. The molecule has 0 saturated carbocycles. The third-order valence-corrected chi connectivity index (χ3v) is 3.05. The molecule has 0 bridgehead atoms. The lowest BCUT2D eigenvalue weighted by atomic mass is 10.1. The molecule has 3 nitrogen and oxygen atoms in total. The molecule has 1 atom stereocenters. The van der Waals surface area contributed by atoms with Crippen molar-refractivity contribution in [3.05, 3.63) is 22.4 Å². The lowest BCUT2D eigenvalue weighted by molar-refractivity contribution is -0.117. The van der Waals surface area contributed by atoms with E-state index >= 15 is 0 Å². The van der Waals surface area contributed by atoms with E-state index < -0.39 is 0 Å². The van der Waals surface area contributed by atoms with Gasteiger partial charge in [-0.3, -0.25) is 0 Å². The van der Waals surface area contributed by atoms with Crippen LogP contribution in [-0.4, -0.2) is 26.6 Å². The molecule has 0 aliphatic heterocycles. The van der Waals surface area contributed by atoms with E-state index in [1.165, 1.54) is 4.88 Å². The molecule has 0 fully saturated rings. The Labute approximate surface area is 88.8 Å². The molecule has 0 spiro atoms. The highest BCUT2D eigenvalue weighted by Crippen LogP contribution is 2.13. The lowest BCUT2D eigenvalue weighted by Crippen LogP contribution is -2.37. The van der Waals surface area contributed by atoms with Gasteiger partial charge in [-0.1, -0.05) is 6.07 Å². The fourth-order valence-electron chi connectivity index (χ4n) is 1.35. The maximum absolute atomic E-state index is 5.91. The van der Waals surface area contributed by atoms with Crippen molar-refractivity contribution in [3.8, 4) is 0 Å². The number of rotatable bonds is 6. The summed E-state index contributed by atoms with van der Waals surface area (Å²) in [5.74, 6) is 0. The third-order valence-electron chi connectivity index (χ3n) is 2.12. The smallest absolute Gasteiger partial charge is 0.171 e. The molecule has 1 rings (SSSR count). The van der Waals surface area contributed by atoms with E-state index in [-0.39, 0.29) is 12.3 Å². The van der Waals surface area contributed by atoms with Gasteiger partial charge in [0.2, 0.25) is 0 Å². The van der Waals surface area contributed by atoms with Crippen molar-refractivity contribution < 1.29 is 9.47 Å². The minimum atomic E-state index is -0.296. The van der Waals surface area contributed by atoms with E-state index in [2.05, 4.69) is 17.5 Å². The molecular formula is C10H17NO2S. The molecule has 0 amide bonds. The van der Waals surface area contributed by atoms with E-state index in [1.54, 1.807) is 25.6 Å².